The first-order chi connectivity index (χ1) is 10.2. The molecule has 0 atom stereocenters. The highest BCUT2D eigenvalue weighted by molar-refractivity contribution is 7.13. The molecule has 3 aromatic rings. The lowest BCUT2D eigenvalue weighted by atomic mass is 10.1. The second kappa shape index (κ2) is 5.49. The van der Waals surface area contributed by atoms with Gasteiger partial charge >= 0.3 is 5.97 Å². The van der Waals surface area contributed by atoms with Gasteiger partial charge in [0, 0.05) is 17.6 Å². The number of carboxylic acids is 1. The van der Waals surface area contributed by atoms with Crippen LogP contribution < -0.4 is 0 Å². The van der Waals surface area contributed by atoms with Crippen LogP contribution in [0.1, 0.15) is 22.8 Å². The Labute approximate surface area is 124 Å². The minimum atomic E-state index is -1.02. The van der Waals surface area contributed by atoms with E-state index in [-0.39, 0.29) is 5.56 Å². The van der Waals surface area contributed by atoms with Crippen LogP contribution in [0.2, 0.25) is 0 Å². The SMILES string of the molecule is CCc1cccnc1-c1nc(-c2cc(C(=O)O)co2)cs1. The first-order valence-electron chi connectivity index (χ1n) is 6.41. The smallest absolute Gasteiger partial charge is 0.338 e. The Bertz CT molecular complexity index is 792. The van der Waals surface area contributed by atoms with Gasteiger partial charge in [0.1, 0.15) is 22.7 Å². The molecule has 0 spiro atoms. The van der Waals surface area contributed by atoms with Crippen molar-refractivity contribution in [1.29, 1.82) is 0 Å². The predicted molar refractivity (Wildman–Crippen MR) is 79.4 cm³/mol. The van der Waals surface area contributed by atoms with Crippen molar-refractivity contribution in [2.24, 2.45) is 0 Å². The zero-order valence-corrected chi connectivity index (χ0v) is 12.1. The Morgan fingerprint density at radius 3 is 3.05 bits per heavy atom. The zero-order chi connectivity index (χ0) is 14.8. The summed E-state index contributed by atoms with van der Waals surface area (Å²) in [7, 11) is 0. The van der Waals surface area contributed by atoms with Gasteiger partial charge in [-0.1, -0.05) is 13.0 Å². The highest BCUT2D eigenvalue weighted by Crippen LogP contribution is 2.30. The normalized spacial score (nSPS) is 10.7. The van der Waals surface area contributed by atoms with Gasteiger partial charge in [0.2, 0.25) is 0 Å². The van der Waals surface area contributed by atoms with Gasteiger partial charge in [-0.05, 0) is 18.1 Å². The van der Waals surface area contributed by atoms with E-state index in [2.05, 4.69) is 16.9 Å². The average Bonchev–Trinajstić information content (AvgIpc) is 3.16. The number of aryl methyl sites for hydroxylation is 1. The van der Waals surface area contributed by atoms with Crippen molar-refractivity contribution < 1.29 is 14.3 Å². The minimum Gasteiger partial charge on any atom is -0.478 e. The quantitative estimate of drug-likeness (QED) is 0.794. The fourth-order valence-electron chi connectivity index (χ4n) is 1.99. The number of rotatable bonds is 4. The summed E-state index contributed by atoms with van der Waals surface area (Å²) in [5, 5.41) is 11.6. The molecule has 0 saturated heterocycles. The van der Waals surface area contributed by atoms with Gasteiger partial charge in [0.25, 0.3) is 0 Å². The molecule has 3 heterocycles. The summed E-state index contributed by atoms with van der Waals surface area (Å²) in [6.45, 7) is 2.07. The molecule has 0 aliphatic rings. The van der Waals surface area contributed by atoms with E-state index in [0.29, 0.717) is 11.5 Å². The molecule has 0 saturated carbocycles. The van der Waals surface area contributed by atoms with Gasteiger partial charge in [0.15, 0.2) is 5.76 Å². The highest BCUT2D eigenvalue weighted by Gasteiger charge is 2.15. The lowest BCUT2D eigenvalue weighted by Gasteiger charge is -2.01. The van der Waals surface area contributed by atoms with Gasteiger partial charge < -0.3 is 9.52 Å². The van der Waals surface area contributed by atoms with Gasteiger partial charge in [-0.3, -0.25) is 4.98 Å². The number of thiazole rings is 1. The molecule has 0 bridgehead atoms. The largest absolute Gasteiger partial charge is 0.478 e. The molecule has 0 amide bonds. The van der Waals surface area contributed by atoms with Crippen LogP contribution in [0.4, 0.5) is 0 Å². The fourth-order valence-corrected chi connectivity index (χ4v) is 2.83. The summed E-state index contributed by atoms with van der Waals surface area (Å²) in [4.78, 5) is 19.8. The van der Waals surface area contributed by atoms with E-state index >= 15 is 0 Å². The fraction of sp³-hybridized carbons (Fsp3) is 0.133. The molecule has 0 fully saturated rings. The molecule has 3 aromatic heterocycles. The number of nitrogens with zero attached hydrogens (tertiary/aromatic N) is 2. The number of furan rings is 1. The number of hydrogen-bond donors (Lipinski definition) is 1. The molecule has 0 aliphatic carbocycles. The summed E-state index contributed by atoms with van der Waals surface area (Å²) in [6, 6.07) is 5.40. The molecular formula is C15H12N2O3S. The molecule has 106 valence electrons. The third-order valence-corrected chi connectivity index (χ3v) is 3.93. The van der Waals surface area contributed by atoms with E-state index in [1.54, 1.807) is 6.20 Å². The Morgan fingerprint density at radius 1 is 1.48 bits per heavy atom. The second-order valence-corrected chi connectivity index (χ2v) is 5.27. The molecular weight excluding hydrogens is 288 g/mol. The Kier molecular flexibility index (Phi) is 3.53. The minimum absolute atomic E-state index is 0.117. The van der Waals surface area contributed by atoms with Crippen LogP contribution in [0, 0.1) is 0 Å². The average molecular weight is 300 g/mol. The lowest BCUT2D eigenvalue weighted by molar-refractivity contribution is 0.0696. The summed E-state index contributed by atoms with van der Waals surface area (Å²) in [5.74, 6) is -0.567. The van der Waals surface area contributed by atoms with Crippen LogP contribution in [0.25, 0.3) is 22.2 Å². The highest BCUT2D eigenvalue weighted by atomic mass is 32.1. The Hall–Kier alpha value is -2.47. The van der Waals surface area contributed by atoms with Crippen molar-refractivity contribution in [3.8, 4) is 22.2 Å². The number of aromatic nitrogens is 2. The first kappa shape index (κ1) is 13.5. The third-order valence-electron chi connectivity index (χ3n) is 3.08. The van der Waals surface area contributed by atoms with E-state index in [9.17, 15) is 4.79 Å². The van der Waals surface area contributed by atoms with Gasteiger partial charge in [-0.2, -0.15) is 0 Å². The summed E-state index contributed by atoms with van der Waals surface area (Å²) >= 11 is 1.46. The van der Waals surface area contributed by atoms with E-state index in [4.69, 9.17) is 9.52 Å². The monoisotopic (exact) mass is 300 g/mol. The zero-order valence-electron chi connectivity index (χ0n) is 11.2. The predicted octanol–water partition coefficient (Wildman–Crippen LogP) is 3.73. The maximum Gasteiger partial charge on any atom is 0.338 e. The van der Waals surface area contributed by atoms with Crippen LogP contribution in [0.5, 0.6) is 0 Å². The van der Waals surface area contributed by atoms with E-state index in [0.717, 1.165) is 22.7 Å². The summed E-state index contributed by atoms with van der Waals surface area (Å²) in [6.07, 6.45) is 3.84. The van der Waals surface area contributed by atoms with Crippen LogP contribution >= 0.6 is 11.3 Å². The molecule has 6 heteroatoms. The van der Waals surface area contributed by atoms with Crippen molar-refractivity contribution in [3.63, 3.8) is 0 Å². The standard InChI is InChI=1S/C15H12N2O3S/c1-2-9-4-3-5-16-13(9)14-17-11(8-21-14)12-6-10(7-20-12)15(18)19/h3-8H,2H2,1H3,(H,18,19). The molecule has 21 heavy (non-hydrogen) atoms. The molecule has 0 unspecified atom stereocenters. The molecule has 0 aliphatic heterocycles. The van der Waals surface area contributed by atoms with Crippen LogP contribution in [-0.4, -0.2) is 21.0 Å². The van der Waals surface area contributed by atoms with Crippen LogP contribution in [0.3, 0.4) is 0 Å². The molecule has 3 rings (SSSR count). The van der Waals surface area contributed by atoms with Crippen LogP contribution in [0.15, 0.2) is 40.5 Å². The van der Waals surface area contributed by atoms with Gasteiger partial charge in [-0.25, -0.2) is 9.78 Å². The second-order valence-electron chi connectivity index (χ2n) is 4.41. The number of carbonyl (C=O) groups is 1. The lowest BCUT2D eigenvalue weighted by Crippen LogP contribution is -1.91. The molecule has 0 radical (unpaired) electrons. The molecule has 5 nitrogen and oxygen atoms in total. The Morgan fingerprint density at radius 2 is 2.33 bits per heavy atom. The summed E-state index contributed by atoms with van der Waals surface area (Å²) < 4.78 is 5.26. The number of pyridine rings is 1. The summed E-state index contributed by atoms with van der Waals surface area (Å²) in [5.41, 5.74) is 2.73. The van der Waals surface area contributed by atoms with E-state index < -0.39 is 5.97 Å². The van der Waals surface area contributed by atoms with Crippen molar-refractivity contribution in [3.05, 3.63) is 47.2 Å². The molecule has 1 N–H and O–H groups in total. The van der Waals surface area contributed by atoms with Crippen molar-refractivity contribution in [1.82, 2.24) is 9.97 Å². The maximum absolute atomic E-state index is 10.9. The van der Waals surface area contributed by atoms with Crippen molar-refractivity contribution >= 4 is 17.3 Å². The topological polar surface area (TPSA) is 76.2 Å². The van der Waals surface area contributed by atoms with Gasteiger partial charge in [-0.15, -0.1) is 11.3 Å². The van der Waals surface area contributed by atoms with Crippen LogP contribution in [-0.2, 0) is 6.42 Å². The van der Waals surface area contributed by atoms with Crippen molar-refractivity contribution in [2.45, 2.75) is 13.3 Å². The molecule has 0 aromatic carbocycles. The third kappa shape index (κ3) is 2.57. The number of aromatic carboxylic acids is 1. The number of hydrogen-bond acceptors (Lipinski definition) is 5. The van der Waals surface area contributed by atoms with E-state index in [1.807, 2.05) is 17.5 Å². The first-order valence-corrected chi connectivity index (χ1v) is 7.29. The van der Waals surface area contributed by atoms with E-state index in [1.165, 1.54) is 23.7 Å². The maximum atomic E-state index is 10.9. The van der Waals surface area contributed by atoms with Crippen molar-refractivity contribution in [2.75, 3.05) is 0 Å². The Balaban J connectivity index is 1.97. The number of carboxylic acid groups (broad SMARTS) is 1. The van der Waals surface area contributed by atoms with Gasteiger partial charge in [0.05, 0.1) is 5.56 Å².